The van der Waals surface area contributed by atoms with Gasteiger partial charge in [0.25, 0.3) is 5.91 Å². The van der Waals surface area contributed by atoms with Crippen molar-refractivity contribution in [1.29, 1.82) is 0 Å². The SMILES string of the molecule is O=C(Nc1ccc(F)cc1)c1ccc2c(c1)NC(=O)C1CCCN21. The van der Waals surface area contributed by atoms with Crippen molar-refractivity contribution in [2.75, 3.05) is 22.1 Å². The fourth-order valence-corrected chi connectivity index (χ4v) is 3.31. The molecule has 2 aromatic carbocycles. The van der Waals surface area contributed by atoms with E-state index in [9.17, 15) is 14.0 Å². The second-order valence-electron chi connectivity index (χ2n) is 6.03. The number of amides is 2. The van der Waals surface area contributed by atoms with Crippen LogP contribution in [-0.2, 0) is 4.79 Å². The Morgan fingerprint density at radius 1 is 1.21 bits per heavy atom. The van der Waals surface area contributed by atoms with Crippen molar-refractivity contribution in [3.05, 3.63) is 53.8 Å². The number of hydrogen-bond donors (Lipinski definition) is 2. The van der Waals surface area contributed by atoms with E-state index in [1.54, 1.807) is 12.1 Å². The highest BCUT2D eigenvalue weighted by Gasteiger charge is 2.36. The number of carbonyl (C=O) groups is 2. The van der Waals surface area contributed by atoms with E-state index < -0.39 is 0 Å². The third-order valence-electron chi connectivity index (χ3n) is 4.48. The summed E-state index contributed by atoms with van der Waals surface area (Å²) in [6.45, 7) is 0.853. The molecule has 2 aliphatic heterocycles. The molecule has 0 bridgehead atoms. The number of nitrogens with zero attached hydrogens (tertiary/aromatic N) is 1. The van der Waals surface area contributed by atoms with Crippen molar-refractivity contribution < 1.29 is 14.0 Å². The lowest BCUT2D eigenvalue weighted by molar-refractivity contribution is -0.117. The van der Waals surface area contributed by atoms with Gasteiger partial charge in [0.15, 0.2) is 0 Å². The van der Waals surface area contributed by atoms with Gasteiger partial charge in [-0.15, -0.1) is 0 Å². The van der Waals surface area contributed by atoms with E-state index in [-0.39, 0.29) is 23.7 Å². The van der Waals surface area contributed by atoms with Crippen LogP contribution in [0.25, 0.3) is 0 Å². The average Bonchev–Trinajstić information content (AvgIpc) is 3.07. The topological polar surface area (TPSA) is 61.4 Å². The predicted octanol–water partition coefficient (Wildman–Crippen LogP) is 3.00. The molecule has 0 radical (unpaired) electrons. The molecule has 6 heteroatoms. The van der Waals surface area contributed by atoms with E-state index in [1.807, 2.05) is 6.07 Å². The average molecular weight is 325 g/mol. The molecule has 122 valence electrons. The van der Waals surface area contributed by atoms with Crippen LogP contribution in [0.5, 0.6) is 0 Å². The van der Waals surface area contributed by atoms with Crippen molar-refractivity contribution in [3.63, 3.8) is 0 Å². The minimum atomic E-state index is -0.357. The Morgan fingerprint density at radius 3 is 2.79 bits per heavy atom. The summed E-state index contributed by atoms with van der Waals surface area (Å²) in [5.74, 6) is -0.678. The summed E-state index contributed by atoms with van der Waals surface area (Å²) >= 11 is 0. The molecular weight excluding hydrogens is 309 g/mol. The van der Waals surface area contributed by atoms with E-state index in [0.717, 1.165) is 25.1 Å². The van der Waals surface area contributed by atoms with Gasteiger partial charge >= 0.3 is 0 Å². The summed E-state index contributed by atoms with van der Waals surface area (Å²) in [6.07, 6.45) is 1.85. The number of rotatable bonds is 2. The van der Waals surface area contributed by atoms with Crippen LogP contribution >= 0.6 is 0 Å². The van der Waals surface area contributed by atoms with Gasteiger partial charge in [0.2, 0.25) is 5.91 Å². The van der Waals surface area contributed by atoms with Crippen LogP contribution in [-0.4, -0.2) is 24.4 Å². The zero-order valence-corrected chi connectivity index (χ0v) is 12.9. The normalized spacial score (nSPS) is 18.6. The van der Waals surface area contributed by atoms with Crippen LogP contribution in [0.3, 0.4) is 0 Å². The molecule has 2 aliphatic rings. The van der Waals surface area contributed by atoms with E-state index in [0.29, 0.717) is 16.9 Å². The highest BCUT2D eigenvalue weighted by molar-refractivity contribution is 6.08. The maximum Gasteiger partial charge on any atom is 0.255 e. The lowest BCUT2D eigenvalue weighted by atomic mass is 10.1. The molecule has 0 aliphatic carbocycles. The maximum atomic E-state index is 12.9. The lowest BCUT2D eigenvalue weighted by Crippen LogP contribution is -2.43. The first-order chi connectivity index (χ1) is 11.6. The molecular formula is C18H16FN3O2. The Kier molecular flexibility index (Phi) is 3.45. The minimum Gasteiger partial charge on any atom is -0.358 e. The predicted molar refractivity (Wildman–Crippen MR) is 89.8 cm³/mol. The highest BCUT2D eigenvalue weighted by Crippen LogP contribution is 2.37. The zero-order valence-electron chi connectivity index (χ0n) is 12.9. The Balaban J connectivity index is 1.59. The van der Waals surface area contributed by atoms with E-state index in [4.69, 9.17) is 0 Å². The first-order valence-corrected chi connectivity index (χ1v) is 7.90. The Hall–Kier alpha value is -2.89. The van der Waals surface area contributed by atoms with Gasteiger partial charge in [0.05, 0.1) is 11.4 Å². The van der Waals surface area contributed by atoms with Gasteiger partial charge in [-0.2, -0.15) is 0 Å². The second-order valence-corrected chi connectivity index (χ2v) is 6.03. The molecule has 0 saturated carbocycles. The van der Waals surface area contributed by atoms with Crippen LogP contribution in [0.4, 0.5) is 21.5 Å². The Labute approximate surface area is 138 Å². The van der Waals surface area contributed by atoms with Crippen LogP contribution in [0, 0.1) is 5.82 Å². The molecule has 2 amide bonds. The summed E-state index contributed by atoms with van der Waals surface area (Å²) in [6, 6.07) is 10.8. The maximum absolute atomic E-state index is 12.9. The van der Waals surface area contributed by atoms with Crippen LogP contribution in [0.15, 0.2) is 42.5 Å². The zero-order chi connectivity index (χ0) is 16.7. The molecule has 4 rings (SSSR count). The van der Waals surface area contributed by atoms with Crippen molar-refractivity contribution >= 4 is 28.9 Å². The van der Waals surface area contributed by atoms with Gasteiger partial charge in [-0.05, 0) is 55.3 Å². The Morgan fingerprint density at radius 2 is 2.00 bits per heavy atom. The van der Waals surface area contributed by atoms with Gasteiger partial charge in [0, 0.05) is 17.8 Å². The third kappa shape index (κ3) is 2.50. The number of nitrogens with one attached hydrogen (secondary N) is 2. The van der Waals surface area contributed by atoms with Crippen molar-refractivity contribution in [2.24, 2.45) is 0 Å². The van der Waals surface area contributed by atoms with Crippen LogP contribution in [0.2, 0.25) is 0 Å². The summed E-state index contributed by atoms with van der Waals surface area (Å²) < 4.78 is 12.9. The van der Waals surface area contributed by atoms with Gasteiger partial charge in [0.1, 0.15) is 11.9 Å². The van der Waals surface area contributed by atoms with Gasteiger partial charge in [-0.1, -0.05) is 0 Å². The Bertz CT molecular complexity index is 820. The number of anilines is 3. The smallest absolute Gasteiger partial charge is 0.255 e. The summed E-state index contributed by atoms with van der Waals surface area (Å²) in [4.78, 5) is 26.6. The molecule has 1 fully saturated rings. The van der Waals surface area contributed by atoms with Crippen molar-refractivity contribution in [2.45, 2.75) is 18.9 Å². The number of halogens is 1. The standard InChI is InChI=1S/C18H16FN3O2/c19-12-4-6-13(7-5-12)20-17(23)11-3-8-15-14(10-11)21-18(24)16-2-1-9-22(15)16/h3-8,10,16H,1-2,9H2,(H,20,23)(H,21,24). The lowest BCUT2D eigenvalue weighted by Gasteiger charge is -2.33. The molecule has 2 heterocycles. The monoisotopic (exact) mass is 325 g/mol. The number of fused-ring (bicyclic) bond motifs is 3. The van der Waals surface area contributed by atoms with Crippen molar-refractivity contribution in [1.82, 2.24) is 0 Å². The van der Waals surface area contributed by atoms with Gasteiger partial charge < -0.3 is 15.5 Å². The third-order valence-corrected chi connectivity index (χ3v) is 4.48. The van der Waals surface area contributed by atoms with Crippen molar-refractivity contribution in [3.8, 4) is 0 Å². The first-order valence-electron chi connectivity index (χ1n) is 7.90. The fourth-order valence-electron chi connectivity index (χ4n) is 3.31. The van der Waals surface area contributed by atoms with E-state index in [2.05, 4.69) is 15.5 Å². The molecule has 1 saturated heterocycles. The summed E-state index contributed by atoms with van der Waals surface area (Å²) in [5, 5.41) is 5.61. The molecule has 2 aromatic rings. The second kappa shape index (κ2) is 5.63. The summed E-state index contributed by atoms with van der Waals surface area (Å²) in [5.41, 5.74) is 2.57. The fraction of sp³-hybridized carbons (Fsp3) is 0.222. The van der Waals surface area contributed by atoms with E-state index >= 15 is 0 Å². The first kappa shape index (κ1) is 14.7. The van der Waals surface area contributed by atoms with Gasteiger partial charge in [-0.25, -0.2) is 4.39 Å². The molecule has 1 atom stereocenters. The summed E-state index contributed by atoms with van der Waals surface area (Å²) in [7, 11) is 0. The van der Waals surface area contributed by atoms with E-state index in [1.165, 1.54) is 24.3 Å². The minimum absolute atomic E-state index is 0.0175. The molecule has 0 aromatic heterocycles. The molecule has 5 nitrogen and oxygen atoms in total. The highest BCUT2D eigenvalue weighted by atomic mass is 19.1. The largest absolute Gasteiger partial charge is 0.358 e. The molecule has 2 N–H and O–H groups in total. The molecule has 0 spiro atoms. The number of hydrogen-bond acceptors (Lipinski definition) is 3. The molecule has 1 unspecified atom stereocenters. The van der Waals surface area contributed by atoms with Crippen LogP contribution < -0.4 is 15.5 Å². The van der Waals surface area contributed by atoms with Crippen LogP contribution in [0.1, 0.15) is 23.2 Å². The number of benzene rings is 2. The molecule has 24 heavy (non-hydrogen) atoms. The number of carbonyl (C=O) groups excluding carboxylic acids is 2. The quantitative estimate of drug-likeness (QED) is 0.892. The van der Waals surface area contributed by atoms with Gasteiger partial charge in [-0.3, -0.25) is 9.59 Å².